The van der Waals surface area contributed by atoms with Crippen LogP contribution in [-0.2, 0) is 4.79 Å². The molecule has 0 atom stereocenters. The Bertz CT molecular complexity index is 745. The number of nitrogens with zero attached hydrogens (tertiary/aromatic N) is 3. The van der Waals surface area contributed by atoms with Gasteiger partial charge in [-0.15, -0.1) is 0 Å². The van der Waals surface area contributed by atoms with Gasteiger partial charge < -0.3 is 15.1 Å². The van der Waals surface area contributed by atoms with Gasteiger partial charge in [0.15, 0.2) is 0 Å². The van der Waals surface area contributed by atoms with E-state index in [9.17, 15) is 14.0 Å². The fraction of sp³-hybridized carbons (Fsp3) is 0.235. The SMILES string of the molecule is O=CN1CCN(C(=O)c2cncc(Nc3cccc(F)c3)c2)CC1. The second kappa shape index (κ2) is 7.08. The summed E-state index contributed by atoms with van der Waals surface area (Å²) in [6.07, 6.45) is 3.88. The van der Waals surface area contributed by atoms with Gasteiger partial charge in [-0.1, -0.05) is 6.07 Å². The first kappa shape index (κ1) is 15.9. The van der Waals surface area contributed by atoms with E-state index in [1.165, 1.54) is 18.3 Å². The summed E-state index contributed by atoms with van der Waals surface area (Å²) in [5.41, 5.74) is 1.65. The first-order chi connectivity index (χ1) is 11.7. The number of nitrogens with one attached hydrogen (secondary N) is 1. The van der Waals surface area contributed by atoms with Crippen molar-refractivity contribution in [2.75, 3.05) is 31.5 Å². The van der Waals surface area contributed by atoms with Crippen LogP contribution in [0.25, 0.3) is 0 Å². The zero-order chi connectivity index (χ0) is 16.9. The fourth-order valence-electron chi connectivity index (χ4n) is 2.57. The van der Waals surface area contributed by atoms with Crippen LogP contribution in [0.5, 0.6) is 0 Å². The van der Waals surface area contributed by atoms with Crippen LogP contribution in [0.3, 0.4) is 0 Å². The average Bonchev–Trinajstić information content (AvgIpc) is 2.61. The third-order valence-corrected chi connectivity index (χ3v) is 3.85. The van der Waals surface area contributed by atoms with E-state index in [0.29, 0.717) is 43.1 Å². The molecule has 0 unspecified atom stereocenters. The molecule has 0 saturated carbocycles. The Hall–Kier alpha value is -2.96. The van der Waals surface area contributed by atoms with E-state index < -0.39 is 0 Å². The van der Waals surface area contributed by atoms with E-state index in [1.54, 1.807) is 34.2 Å². The standard InChI is InChI=1S/C17H17FN4O2/c18-14-2-1-3-15(9-14)20-16-8-13(10-19-11-16)17(24)22-6-4-21(12-23)5-7-22/h1-3,8-12,20H,4-7H2. The lowest BCUT2D eigenvalue weighted by atomic mass is 10.2. The zero-order valence-corrected chi connectivity index (χ0v) is 13.0. The topological polar surface area (TPSA) is 65.5 Å². The number of halogens is 1. The van der Waals surface area contributed by atoms with Gasteiger partial charge in [0.25, 0.3) is 5.91 Å². The van der Waals surface area contributed by atoms with Crippen molar-refractivity contribution >= 4 is 23.7 Å². The van der Waals surface area contributed by atoms with Gasteiger partial charge in [0.05, 0.1) is 17.4 Å². The molecular weight excluding hydrogens is 311 g/mol. The van der Waals surface area contributed by atoms with Gasteiger partial charge in [-0.05, 0) is 24.3 Å². The van der Waals surface area contributed by atoms with Crippen molar-refractivity contribution in [3.8, 4) is 0 Å². The highest BCUT2D eigenvalue weighted by atomic mass is 19.1. The number of hydrogen-bond acceptors (Lipinski definition) is 4. The highest BCUT2D eigenvalue weighted by Crippen LogP contribution is 2.18. The minimum Gasteiger partial charge on any atom is -0.354 e. The number of carbonyl (C=O) groups is 2. The van der Waals surface area contributed by atoms with Gasteiger partial charge in [-0.2, -0.15) is 0 Å². The summed E-state index contributed by atoms with van der Waals surface area (Å²) >= 11 is 0. The molecule has 0 spiro atoms. The fourth-order valence-corrected chi connectivity index (χ4v) is 2.57. The maximum Gasteiger partial charge on any atom is 0.255 e. The number of carbonyl (C=O) groups excluding carboxylic acids is 2. The van der Waals surface area contributed by atoms with E-state index >= 15 is 0 Å². The minimum absolute atomic E-state index is 0.129. The first-order valence-corrected chi connectivity index (χ1v) is 7.62. The van der Waals surface area contributed by atoms with Crippen molar-refractivity contribution in [1.82, 2.24) is 14.8 Å². The summed E-state index contributed by atoms with van der Waals surface area (Å²) in [5.74, 6) is -0.468. The van der Waals surface area contributed by atoms with Crippen LogP contribution in [0.15, 0.2) is 42.7 Å². The second-order valence-corrected chi connectivity index (χ2v) is 5.53. The number of hydrogen-bond donors (Lipinski definition) is 1. The second-order valence-electron chi connectivity index (χ2n) is 5.53. The maximum absolute atomic E-state index is 13.2. The lowest BCUT2D eigenvalue weighted by Crippen LogP contribution is -2.48. The third-order valence-electron chi connectivity index (χ3n) is 3.85. The molecule has 3 rings (SSSR count). The molecule has 2 heterocycles. The minimum atomic E-state index is -0.340. The number of pyridine rings is 1. The number of anilines is 2. The molecule has 1 aliphatic heterocycles. The van der Waals surface area contributed by atoms with Gasteiger partial charge >= 0.3 is 0 Å². The Labute approximate surface area is 138 Å². The van der Waals surface area contributed by atoms with Crippen LogP contribution in [0.4, 0.5) is 15.8 Å². The highest BCUT2D eigenvalue weighted by Gasteiger charge is 2.21. The van der Waals surface area contributed by atoms with Gasteiger partial charge in [0.2, 0.25) is 6.41 Å². The van der Waals surface area contributed by atoms with Crippen LogP contribution in [-0.4, -0.2) is 53.3 Å². The largest absolute Gasteiger partial charge is 0.354 e. The molecule has 1 aromatic carbocycles. The molecule has 1 aromatic heterocycles. The van der Waals surface area contributed by atoms with Gasteiger partial charge in [0.1, 0.15) is 5.82 Å². The molecule has 0 radical (unpaired) electrons. The van der Waals surface area contributed by atoms with E-state index in [0.717, 1.165) is 6.41 Å². The molecule has 124 valence electrons. The first-order valence-electron chi connectivity index (χ1n) is 7.62. The molecule has 1 N–H and O–H groups in total. The Morgan fingerprint density at radius 3 is 2.62 bits per heavy atom. The Morgan fingerprint density at radius 1 is 1.12 bits per heavy atom. The molecule has 1 aliphatic rings. The van der Waals surface area contributed by atoms with Crippen LogP contribution < -0.4 is 5.32 Å². The predicted octanol–water partition coefficient (Wildman–Crippen LogP) is 1.88. The summed E-state index contributed by atoms with van der Waals surface area (Å²) in [6, 6.07) is 7.75. The van der Waals surface area contributed by atoms with Crippen molar-refractivity contribution in [2.45, 2.75) is 0 Å². The van der Waals surface area contributed by atoms with Gasteiger partial charge in [-0.25, -0.2) is 4.39 Å². The van der Waals surface area contributed by atoms with Crippen LogP contribution in [0, 0.1) is 5.82 Å². The number of piperazine rings is 1. The summed E-state index contributed by atoms with van der Waals surface area (Å²) in [6.45, 7) is 2.06. The van der Waals surface area contributed by atoms with E-state index in [2.05, 4.69) is 10.3 Å². The summed E-state index contributed by atoms with van der Waals surface area (Å²) in [4.78, 5) is 30.7. The zero-order valence-electron chi connectivity index (χ0n) is 13.0. The Morgan fingerprint density at radius 2 is 1.92 bits per heavy atom. The molecule has 0 aliphatic carbocycles. The van der Waals surface area contributed by atoms with Gasteiger partial charge in [-0.3, -0.25) is 14.6 Å². The predicted molar refractivity (Wildman–Crippen MR) is 87.5 cm³/mol. The molecular formula is C17H17FN4O2. The molecule has 0 bridgehead atoms. The van der Waals surface area contributed by atoms with Crippen LogP contribution in [0.1, 0.15) is 10.4 Å². The lowest BCUT2D eigenvalue weighted by Gasteiger charge is -2.32. The Kier molecular flexibility index (Phi) is 4.69. The normalized spacial score (nSPS) is 14.4. The van der Waals surface area contributed by atoms with Crippen LogP contribution in [0.2, 0.25) is 0 Å². The van der Waals surface area contributed by atoms with E-state index in [4.69, 9.17) is 0 Å². The number of amides is 2. The molecule has 7 heteroatoms. The molecule has 6 nitrogen and oxygen atoms in total. The molecule has 24 heavy (non-hydrogen) atoms. The smallest absolute Gasteiger partial charge is 0.255 e. The van der Waals surface area contributed by atoms with Gasteiger partial charge in [0, 0.05) is 38.1 Å². The maximum atomic E-state index is 13.2. The number of aromatic nitrogens is 1. The van der Waals surface area contributed by atoms with Crippen molar-refractivity contribution in [1.29, 1.82) is 0 Å². The van der Waals surface area contributed by atoms with Crippen molar-refractivity contribution < 1.29 is 14.0 Å². The van der Waals surface area contributed by atoms with E-state index in [-0.39, 0.29) is 11.7 Å². The molecule has 1 fully saturated rings. The average molecular weight is 328 g/mol. The summed E-state index contributed by atoms with van der Waals surface area (Å²) < 4.78 is 13.2. The van der Waals surface area contributed by atoms with Crippen LogP contribution >= 0.6 is 0 Å². The molecule has 2 amide bonds. The van der Waals surface area contributed by atoms with Crippen molar-refractivity contribution in [3.05, 3.63) is 54.1 Å². The summed E-state index contributed by atoms with van der Waals surface area (Å²) in [5, 5.41) is 3.03. The Balaban J connectivity index is 1.71. The molecule has 1 saturated heterocycles. The highest BCUT2D eigenvalue weighted by molar-refractivity contribution is 5.95. The number of benzene rings is 1. The summed E-state index contributed by atoms with van der Waals surface area (Å²) in [7, 11) is 0. The quantitative estimate of drug-likeness (QED) is 0.871. The van der Waals surface area contributed by atoms with Crippen molar-refractivity contribution in [2.24, 2.45) is 0 Å². The lowest BCUT2D eigenvalue weighted by molar-refractivity contribution is -0.119. The van der Waals surface area contributed by atoms with Crippen molar-refractivity contribution in [3.63, 3.8) is 0 Å². The third kappa shape index (κ3) is 3.68. The number of rotatable bonds is 4. The molecule has 2 aromatic rings. The monoisotopic (exact) mass is 328 g/mol. The van der Waals surface area contributed by atoms with E-state index in [1.807, 2.05) is 0 Å².